The Balaban J connectivity index is 2.10. The molecule has 0 aliphatic heterocycles. The summed E-state index contributed by atoms with van der Waals surface area (Å²) in [6, 6.07) is 0. The van der Waals surface area contributed by atoms with Crippen molar-refractivity contribution in [3.05, 3.63) is 18.0 Å². The van der Waals surface area contributed by atoms with E-state index in [1.54, 1.807) is 0 Å². The van der Waals surface area contributed by atoms with E-state index in [4.69, 9.17) is 0 Å². The van der Waals surface area contributed by atoms with Crippen LogP contribution in [0.4, 0.5) is 13.2 Å². The van der Waals surface area contributed by atoms with Gasteiger partial charge in [0.05, 0.1) is 6.20 Å². The molecule has 84 valence electrons. The molecule has 0 bridgehead atoms. The smallest absolute Gasteiger partial charge is 0.179 e. The first kappa shape index (κ1) is 10.5. The molecule has 1 aliphatic carbocycles. The molecule has 0 saturated heterocycles. The fourth-order valence-corrected chi connectivity index (χ4v) is 2.00. The summed E-state index contributed by atoms with van der Waals surface area (Å²) in [7, 11) is 0. The Morgan fingerprint density at radius 3 is 2.53 bits per heavy atom. The SMILES string of the molecule is CC(C)[C@H]1C[C@@H]1c1cnn(C(F)(F)F)c1. The number of nitrogens with zero attached hydrogens (tertiary/aromatic N) is 2. The second-order valence-electron chi connectivity index (χ2n) is 4.44. The van der Waals surface area contributed by atoms with Gasteiger partial charge in [-0.25, -0.2) is 0 Å². The van der Waals surface area contributed by atoms with Gasteiger partial charge in [-0.1, -0.05) is 13.8 Å². The van der Waals surface area contributed by atoms with Crippen LogP contribution in [0.2, 0.25) is 0 Å². The van der Waals surface area contributed by atoms with Crippen LogP contribution in [0.15, 0.2) is 12.4 Å². The number of hydrogen-bond acceptors (Lipinski definition) is 1. The lowest BCUT2D eigenvalue weighted by molar-refractivity contribution is -0.212. The van der Waals surface area contributed by atoms with Gasteiger partial charge in [0.25, 0.3) is 0 Å². The van der Waals surface area contributed by atoms with Gasteiger partial charge in [0.2, 0.25) is 0 Å². The summed E-state index contributed by atoms with van der Waals surface area (Å²) < 4.78 is 36.8. The first-order chi connectivity index (χ1) is 6.89. The average Bonchev–Trinajstić information content (AvgIpc) is 2.74. The maximum atomic E-state index is 12.2. The van der Waals surface area contributed by atoms with E-state index >= 15 is 0 Å². The van der Waals surface area contributed by atoms with Crippen LogP contribution in [0.25, 0.3) is 0 Å². The minimum atomic E-state index is -4.39. The van der Waals surface area contributed by atoms with Gasteiger partial charge >= 0.3 is 6.30 Å². The number of rotatable bonds is 2. The maximum Gasteiger partial charge on any atom is 0.504 e. The highest BCUT2D eigenvalue weighted by molar-refractivity contribution is 5.20. The Bertz CT molecular complexity index is 354. The summed E-state index contributed by atoms with van der Waals surface area (Å²) in [6.07, 6.45) is -0.963. The van der Waals surface area contributed by atoms with Crippen molar-refractivity contribution in [2.24, 2.45) is 11.8 Å². The molecule has 2 nitrogen and oxygen atoms in total. The summed E-state index contributed by atoms with van der Waals surface area (Å²) in [5.41, 5.74) is 0.714. The summed E-state index contributed by atoms with van der Waals surface area (Å²) in [6.45, 7) is 4.19. The van der Waals surface area contributed by atoms with E-state index in [9.17, 15) is 13.2 Å². The fraction of sp³-hybridized carbons (Fsp3) is 0.700. The lowest BCUT2D eigenvalue weighted by Gasteiger charge is -2.04. The molecule has 0 unspecified atom stereocenters. The molecule has 1 saturated carbocycles. The van der Waals surface area contributed by atoms with Crippen LogP contribution >= 0.6 is 0 Å². The van der Waals surface area contributed by atoms with Crippen LogP contribution in [-0.2, 0) is 6.30 Å². The molecule has 0 N–H and O–H groups in total. The van der Waals surface area contributed by atoms with Crippen molar-refractivity contribution < 1.29 is 13.2 Å². The average molecular weight is 218 g/mol. The Hall–Kier alpha value is -1.00. The van der Waals surface area contributed by atoms with Crippen molar-refractivity contribution in [1.29, 1.82) is 0 Å². The van der Waals surface area contributed by atoms with Gasteiger partial charge in [-0.05, 0) is 29.7 Å². The number of hydrogen-bond donors (Lipinski definition) is 0. The van der Waals surface area contributed by atoms with Crippen molar-refractivity contribution in [1.82, 2.24) is 9.78 Å². The molecule has 15 heavy (non-hydrogen) atoms. The third-order valence-electron chi connectivity index (χ3n) is 2.99. The monoisotopic (exact) mass is 218 g/mol. The highest BCUT2D eigenvalue weighted by Crippen LogP contribution is 2.51. The van der Waals surface area contributed by atoms with Crippen LogP contribution < -0.4 is 0 Å². The first-order valence-electron chi connectivity index (χ1n) is 5.01. The molecule has 1 aliphatic rings. The molecule has 0 aromatic carbocycles. The van der Waals surface area contributed by atoms with Gasteiger partial charge < -0.3 is 0 Å². The van der Waals surface area contributed by atoms with Gasteiger partial charge in [-0.15, -0.1) is 13.2 Å². The highest BCUT2D eigenvalue weighted by Gasteiger charge is 2.42. The lowest BCUT2D eigenvalue weighted by atomic mass is 10.1. The van der Waals surface area contributed by atoms with Crippen LogP contribution in [-0.4, -0.2) is 9.78 Å². The van der Waals surface area contributed by atoms with Crippen LogP contribution in [0, 0.1) is 11.8 Å². The molecule has 1 aromatic heterocycles. The summed E-state index contributed by atoms with van der Waals surface area (Å²) in [5, 5.41) is 3.33. The molecule has 1 fully saturated rings. The van der Waals surface area contributed by atoms with E-state index in [2.05, 4.69) is 18.9 Å². The predicted molar refractivity (Wildman–Crippen MR) is 49.2 cm³/mol. The minimum Gasteiger partial charge on any atom is -0.179 e. The van der Waals surface area contributed by atoms with Crippen LogP contribution in [0.5, 0.6) is 0 Å². The number of alkyl halides is 3. The molecular weight excluding hydrogens is 205 g/mol. The Kier molecular flexibility index (Phi) is 2.28. The van der Waals surface area contributed by atoms with Crippen LogP contribution in [0.3, 0.4) is 0 Å². The molecule has 2 atom stereocenters. The summed E-state index contributed by atoms with van der Waals surface area (Å²) in [4.78, 5) is 0. The van der Waals surface area contributed by atoms with Gasteiger partial charge in [0, 0.05) is 6.20 Å². The fourth-order valence-electron chi connectivity index (χ4n) is 2.00. The van der Waals surface area contributed by atoms with Crippen molar-refractivity contribution in [3.63, 3.8) is 0 Å². The van der Waals surface area contributed by atoms with Crippen molar-refractivity contribution in [2.45, 2.75) is 32.5 Å². The molecule has 0 spiro atoms. The Morgan fingerprint density at radius 2 is 2.13 bits per heavy atom. The molecule has 1 aromatic rings. The van der Waals surface area contributed by atoms with E-state index in [-0.39, 0.29) is 10.6 Å². The van der Waals surface area contributed by atoms with Gasteiger partial charge in [0.15, 0.2) is 0 Å². The third-order valence-corrected chi connectivity index (χ3v) is 2.99. The van der Waals surface area contributed by atoms with Gasteiger partial charge in [-0.2, -0.15) is 9.78 Å². The van der Waals surface area contributed by atoms with Crippen LogP contribution in [0.1, 0.15) is 31.7 Å². The van der Waals surface area contributed by atoms with Crippen molar-refractivity contribution in [2.75, 3.05) is 0 Å². The molecule has 0 radical (unpaired) electrons. The predicted octanol–water partition coefficient (Wildman–Crippen LogP) is 3.12. The van der Waals surface area contributed by atoms with Gasteiger partial charge in [0.1, 0.15) is 0 Å². The first-order valence-corrected chi connectivity index (χ1v) is 5.01. The molecule has 0 amide bonds. The van der Waals surface area contributed by atoms with E-state index in [1.807, 2.05) is 0 Å². The topological polar surface area (TPSA) is 17.8 Å². The quantitative estimate of drug-likeness (QED) is 0.745. The lowest BCUT2D eigenvalue weighted by Crippen LogP contribution is -2.16. The number of halogens is 3. The highest BCUT2D eigenvalue weighted by atomic mass is 19.4. The number of aromatic nitrogens is 2. The second-order valence-corrected chi connectivity index (χ2v) is 4.44. The largest absolute Gasteiger partial charge is 0.504 e. The Labute approximate surface area is 86.1 Å². The van der Waals surface area contributed by atoms with E-state index < -0.39 is 6.30 Å². The van der Waals surface area contributed by atoms with Gasteiger partial charge in [-0.3, -0.25) is 0 Å². The standard InChI is InChI=1S/C10H13F3N2/c1-6(2)8-3-9(8)7-4-14-15(5-7)10(11,12)13/h4-6,8-9H,3H2,1-2H3/t8-,9-/m1/s1. The maximum absolute atomic E-state index is 12.2. The minimum absolute atomic E-state index is 0.0814. The van der Waals surface area contributed by atoms with Crippen molar-refractivity contribution >= 4 is 0 Å². The van der Waals surface area contributed by atoms with E-state index in [0.29, 0.717) is 17.4 Å². The summed E-state index contributed by atoms with van der Waals surface area (Å²) >= 11 is 0. The normalized spacial score (nSPS) is 26.0. The third kappa shape index (κ3) is 2.01. The van der Waals surface area contributed by atoms with E-state index in [1.165, 1.54) is 6.20 Å². The summed E-state index contributed by atoms with van der Waals surface area (Å²) in [5.74, 6) is 1.33. The van der Waals surface area contributed by atoms with E-state index in [0.717, 1.165) is 12.6 Å². The molecule has 5 heteroatoms. The Morgan fingerprint density at radius 1 is 1.47 bits per heavy atom. The zero-order valence-corrected chi connectivity index (χ0v) is 8.62. The second kappa shape index (κ2) is 3.25. The zero-order valence-electron chi connectivity index (χ0n) is 8.62. The molecular formula is C10H13F3N2. The van der Waals surface area contributed by atoms with Crippen molar-refractivity contribution in [3.8, 4) is 0 Å². The molecule has 1 heterocycles. The zero-order chi connectivity index (χ0) is 11.2. The molecule has 2 rings (SSSR count).